The summed E-state index contributed by atoms with van der Waals surface area (Å²) in [5.74, 6) is -0.466. The summed E-state index contributed by atoms with van der Waals surface area (Å²) in [5.41, 5.74) is 0.749. The van der Waals surface area contributed by atoms with Crippen molar-refractivity contribution in [2.24, 2.45) is 0 Å². The predicted molar refractivity (Wildman–Crippen MR) is 73.0 cm³/mol. The minimum Gasteiger partial charge on any atom is -0.258 e. The lowest BCUT2D eigenvalue weighted by atomic mass is 10.0. The lowest BCUT2D eigenvalue weighted by molar-refractivity contribution is -0.385. The van der Waals surface area contributed by atoms with E-state index >= 15 is 0 Å². The summed E-state index contributed by atoms with van der Waals surface area (Å²) >= 11 is 0. The standard InChI is InChI=1S/C15H9FN2O2/c16-14-6-3-5-11(9-14)13(10-17)8-12-4-1-2-7-15(12)18(19)20/h1-9H/b13-8+. The second-order valence-electron chi connectivity index (χ2n) is 4.00. The smallest absolute Gasteiger partial charge is 0.258 e. The third-order valence-electron chi connectivity index (χ3n) is 2.69. The molecule has 0 bridgehead atoms. The first-order chi connectivity index (χ1) is 9.61. The zero-order valence-electron chi connectivity index (χ0n) is 10.3. The number of nitrogens with zero attached hydrogens (tertiary/aromatic N) is 2. The molecule has 5 heteroatoms. The van der Waals surface area contributed by atoms with Crippen molar-refractivity contribution in [1.29, 1.82) is 5.26 Å². The number of hydrogen-bond donors (Lipinski definition) is 0. The highest BCUT2D eigenvalue weighted by atomic mass is 19.1. The largest absolute Gasteiger partial charge is 0.276 e. The van der Waals surface area contributed by atoms with Gasteiger partial charge in [-0.25, -0.2) is 4.39 Å². The van der Waals surface area contributed by atoms with Crippen molar-refractivity contribution < 1.29 is 9.31 Å². The topological polar surface area (TPSA) is 66.9 Å². The van der Waals surface area contributed by atoms with Gasteiger partial charge in [-0.3, -0.25) is 10.1 Å². The van der Waals surface area contributed by atoms with E-state index in [2.05, 4.69) is 0 Å². The van der Waals surface area contributed by atoms with E-state index < -0.39 is 10.7 Å². The van der Waals surface area contributed by atoms with Crippen LogP contribution in [-0.4, -0.2) is 4.92 Å². The number of rotatable bonds is 3. The second-order valence-corrected chi connectivity index (χ2v) is 4.00. The molecule has 0 fully saturated rings. The molecular weight excluding hydrogens is 259 g/mol. The number of nitriles is 1. The van der Waals surface area contributed by atoms with Crippen LogP contribution in [-0.2, 0) is 0 Å². The van der Waals surface area contributed by atoms with E-state index in [1.54, 1.807) is 18.2 Å². The van der Waals surface area contributed by atoms with Crippen LogP contribution in [0.3, 0.4) is 0 Å². The van der Waals surface area contributed by atoms with Crippen molar-refractivity contribution in [3.05, 3.63) is 75.6 Å². The van der Waals surface area contributed by atoms with Gasteiger partial charge in [0.2, 0.25) is 0 Å². The summed E-state index contributed by atoms with van der Waals surface area (Å²) in [5, 5.41) is 20.1. The number of allylic oxidation sites excluding steroid dienone is 1. The van der Waals surface area contributed by atoms with E-state index in [1.165, 1.54) is 36.4 Å². The molecule has 0 unspecified atom stereocenters. The molecule has 4 nitrogen and oxygen atoms in total. The van der Waals surface area contributed by atoms with Gasteiger partial charge in [0, 0.05) is 6.07 Å². The molecule has 0 aliphatic carbocycles. The molecule has 0 aliphatic heterocycles. The highest BCUT2D eigenvalue weighted by Gasteiger charge is 2.12. The Bertz CT molecular complexity index is 733. The maximum atomic E-state index is 13.2. The van der Waals surface area contributed by atoms with E-state index in [0.29, 0.717) is 11.1 Å². The van der Waals surface area contributed by atoms with Gasteiger partial charge in [0.25, 0.3) is 5.69 Å². The van der Waals surface area contributed by atoms with E-state index in [-0.39, 0.29) is 11.3 Å². The Labute approximate surface area is 114 Å². The van der Waals surface area contributed by atoms with E-state index in [1.807, 2.05) is 6.07 Å². The summed E-state index contributed by atoms with van der Waals surface area (Å²) in [6, 6.07) is 13.5. The van der Waals surface area contributed by atoms with Crippen molar-refractivity contribution in [2.45, 2.75) is 0 Å². The maximum absolute atomic E-state index is 13.2. The number of nitro groups is 1. The molecule has 0 heterocycles. The molecule has 20 heavy (non-hydrogen) atoms. The molecule has 2 rings (SSSR count). The summed E-state index contributed by atoms with van der Waals surface area (Å²) in [7, 11) is 0. The normalized spacial score (nSPS) is 10.9. The molecule has 0 saturated heterocycles. The molecule has 0 radical (unpaired) electrons. The van der Waals surface area contributed by atoms with Gasteiger partial charge in [-0.2, -0.15) is 5.26 Å². The Morgan fingerprint density at radius 1 is 1.25 bits per heavy atom. The maximum Gasteiger partial charge on any atom is 0.276 e. The average Bonchev–Trinajstić information content (AvgIpc) is 2.45. The first-order valence-electron chi connectivity index (χ1n) is 5.73. The summed E-state index contributed by atoms with van der Waals surface area (Å²) in [6.45, 7) is 0. The van der Waals surface area contributed by atoms with E-state index in [9.17, 15) is 14.5 Å². The Hall–Kier alpha value is -3.00. The van der Waals surface area contributed by atoms with Gasteiger partial charge in [-0.1, -0.05) is 24.3 Å². The fourth-order valence-corrected chi connectivity index (χ4v) is 1.77. The molecule has 0 aromatic heterocycles. The fourth-order valence-electron chi connectivity index (χ4n) is 1.77. The first kappa shape index (κ1) is 13.4. The highest BCUT2D eigenvalue weighted by Crippen LogP contribution is 2.24. The van der Waals surface area contributed by atoms with Crippen molar-refractivity contribution in [3.8, 4) is 6.07 Å². The number of nitro benzene ring substituents is 1. The second kappa shape index (κ2) is 5.76. The Morgan fingerprint density at radius 3 is 2.65 bits per heavy atom. The number of para-hydroxylation sites is 1. The summed E-state index contributed by atoms with van der Waals surface area (Å²) < 4.78 is 13.2. The van der Waals surface area contributed by atoms with Crippen LogP contribution < -0.4 is 0 Å². The van der Waals surface area contributed by atoms with Gasteiger partial charge in [-0.05, 0) is 29.8 Å². The molecule has 0 atom stereocenters. The van der Waals surface area contributed by atoms with Crippen molar-refractivity contribution in [3.63, 3.8) is 0 Å². The third-order valence-corrected chi connectivity index (χ3v) is 2.69. The molecule has 0 spiro atoms. The van der Waals surface area contributed by atoms with Crippen LogP contribution in [0.25, 0.3) is 11.6 Å². The minimum atomic E-state index is -0.521. The molecule has 0 amide bonds. The van der Waals surface area contributed by atoms with Crippen molar-refractivity contribution >= 4 is 17.3 Å². The monoisotopic (exact) mass is 268 g/mol. The Kier molecular flexibility index (Phi) is 3.87. The van der Waals surface area contributed by atoms with Crippen molar-refractivity contribution in [1.82, 2.24) is 0 Å². The highest BCUT2D eigenvalue weighted by molar-refractivity contribution is 5.91. The zero-order chi connectivity index (χ0) is 14.5. The van der Waals surface area contributed by atoms with Crippen LogP contribution in [0.5, 0.6) is 0 Å². The first-order valence-corrected chi connectivity index (χ1v) is 5.73. The number of hydrogen-bond acceptors (Lipinski definition) is 3. The SMILES string of the molecule is N#C/C(=C\c1ccccc1[N+](=O)[O-])c1cccc(F)c1. The van der Waals surface area contributed by atoms with Crippen LogP contribution in [0.4, 0.5) is 10.1 Å². The Morgan fingerprint density at radius 2 is 2.00 bits per heavy atom. The molecule has 0 N–H and O–H groups in total. The molecule has 0 saturated carbocycles. The van der Waals surface area contributed by atoms with E-state index in [4.69, 9.17) is 5.26 Å². The van der Waals surface area contributed by atoms with Gasteiger partial charge in [0.05, 0.1) is 22.1 Å². The van der Waals surface area contributed by atoms with Gasteiger partial charge in [-0.15, -0.1) is 0 Å². The Balaban J connectivity index is 2.53. The van der Waals surface area contributed by atoms with Crippen LogP contribution in [0.2, 0.25) is 0 Å². The lowest BCUT2D eigenvalue weighted by Gasteiger charge is -2.01. The van der Waals surface area contributed by atoms with E-state index in [0.717, 1.165) is 0 Å². The van der Waals surface area contributed by atoms with Gasteiger partial charge < -0.3 is 0 Å². The number of halogens is 1. The average molecular weight is 268 g/mol. The van der Waals surface area contributed by atoms with Crippen LogP contribution in [0, 0.1) is 27.3 Å². The van der Waals surface area contributed by atoms with Crippen LogP contribution >= 0.6 is 0 Å². The van der Waals surface area contributed by atoms with Gasteiger partial charge in [0.1, 0.15) is 5.82 Å². The summed E-state index contributed by atoms with van der Waals surface area (Å²) in [4.78, 5) is 10.4. The summed E-state index contributed by atoms with van der Waals surface area (Å²) in [6.07, 6.45) is 1.38. The molecule has 2 aromatic carbocycles. The van der Waals surface area contributed by atoms with Crippen molar-refractivity contribution in [2.75, 3.05) is 0 Å². The lowest BCUT2D eigenvalue weighted by Crippen LogP contribution is -1.91. The molecule has 2 aromatic rings. The van der Waals surface area contributed by atoms with Crippen LogP contribution in [0.1, 0.15) is 11.1 Å². The fraction of sp³-hybridized carbons (Fsp3) is 0. The molecular formula is C15H9FN2O2. The quantitative estimate of drug-likeness (QED) is 0.368. The van der Waals surface area contributed by atoms with Gasteiger partial charge in [0.15, 0.2) is 0 Å². The van der Waals surface area contributed by atoms with Gasteiger partial charge >= 0.3 is 0 Å². The van der Waals surface area contributed by atoms with Crippen LogP contribution in [0.15, 0.2) is 48.5 Å². The minimum absolute atomic E-state index is 0.100. The predicted octanol–water partition coefficient (Wildman–Crippen LogP) is 3.80. The molecule has 0 aliphatic rings. The molecule has 98 valence electrons. The number of benzene rings is 2. The zero-order valence-corrected chi connectivity index (χ0v) is 10.3. The third kappa shape index (κ3) is 2.87.